The van der Waals surface area contributed by atoms with Gasteiger partial charge in [-0.25, -0.2) is 4.57 Å². The lowest BCUT2D eigenvalue weighted by Crippen LogP contribution is -2.30. The van der Waals surface area contributed by atoms with E-state index in [1.54, 1.807) is 0 Å². The summed E-state index contributed by atoms with van der Waals surface area (Å²) in [7, 11) is 2.21. The van der Waals surface area contributed by atoms with Gasteiger partial charge < -0.3 is 4.42 Å². The van der Waals surface area contributed by atoms with Crippen LogP contribution in [-0.4, -0.2) is 4.57 Å². The molecule has 0 bridgehead atoms. The molecule has 0 atom stereocenters. The summed E-state index contributed by atoms with van der Waals surface area (Å²) in [4.78, 5) is 0. The molecule has 0 aliphatic heterocycles. The number of para-hydroxylation sites is 3. The van der Waals surface area contributed by atoms with Gasteiger partial charge in [0.2, 0.25) is 0 Å². The first-order chi connectivity index (χ1) is 26.5. The van der Waals surface area contributed by atoms with E-state index in [0.29, 0.717) is 0 Å². The van der Waals surface area contributed by atoms with Crippen molar-refractivity contribution in [3.05, 3.63) is 143 Å². The highest BCUT2D eigenvalue weighted by atomic mass is 16.3. The van der Waals surface area contributed by atoms with Gasteiger partial charge in [-0.05, 0) is 98.9 Å². The van der Waals surface area contributed by atoms with E-state index >= 15 is 0 Å². The number of rotatable bonds is 6. The molecule has 0 spiro atoms. The molecular weight excluding hydrogens is 681 g/mol. The van der Waals surface area contributed by atoms with Crippen LogP contribution in [0.3, 0.4) is 0 Å². The molecule has 8 aromatic rings. The second kappa shape index (κ2) is 13.7. The number of aromatic nitrogens is 2. The van der Waals surface area contributed by atoms with Crippen LogP contribution >= 0.6 is 0 Å². The van der Waals surface area contributed by atoms with E-state index in [1.165, 1.54) is 66.8 Å². The van der Waals surface area contributed by atoms with E-state index in [4.69, 9.17) is 4.42 Å². The van der Waals surface area contributed by atoms with Crippen molar-refractivity contribution in [2.75, 3.05) is 0 Å². The van der Waals surface area contributed by atoms with Gasteiger partial charge in [0, 0.05) is 21.9 Å². The van der Waals surface area contributed by atoms with Gasteiger partial charge in [-0.1, -0.05) is 154 Å². The predicted octanol–water partition coefficient (Wildman–Crippen LogP) is 14.5. The second-order valence-electron chi connectivity index (χ2n) is 18.6. The van der Waals surface area contributed by atoms with Gasteiger partial charge in [-0.15, -0.1) is 0 Å². The average molecular weight is 738 g/mol. The van der Waals surface area contributed by atoms with E-state index in [-0.39, 0.29) is 22.7 Å². The molecule has 0 saturated heterocycles. The minimum atomic E-state index is 0.0669. The Kier molecular flexibility index (Phi) is 9.15. The molecule has 0 N–H and O–H groups in total. The van der Waals surface area contributed by atoms with Gasteiger partial charge in [0.15, 0.2) is 16.6 Å². The molecule has 0 amide bonds. The van der Waals surface area contributed by atoms with Crippen LogP contribution in [-0.2, 0) is 17.9 Å². The quantitative estimate of drug-likeness (QED) is 0.156. The number of benzene rings is 6. The number of imidazole rings is 1. The first-order valence-corrected chi connectivity index (χ1v) is 20.4. The smallest absolute Gasteiger partial charge is 0.299 e. The summed E-state index contributed by atoms with van der Waals surface area (Å²) >= 11 is 0. The minimum absolute atomic E-state index is 0.0669. The van der Waals surface area contributed by atoms with Crippen molar-refractivity contribution in [1.29, 1.82) is 0 Å². The molecule has 0 aliphatic rings. The van der Waals surface area contributed by atoms with Crippen molar-refractivity contribution in [3.8, 4) is 39.3 Å². The second-order valence-corrected chi connectivity index (χ2v) is 18.6. The molecule has 0 saturated carbocycles. The lowest BCUT2D eigenvalue weighted by atomic mass is 9.79. The maximum atomic E-state index is 6.75. The summed E-state index contributed by atoms with van der Waals surface area (Å²) < 4.78 is 11.7. The number of aryl methyl sites for hydroxylation is 2. The van der Waals surface area contributed by atoms with Crippen molar-refractivity contribution >= 4 is 33.0 Å². The number of hydrogen-bond donors (Lipinski definition) is 0. The van der Waals surface area contributed by atoms with Gasteiger partial charge in [-0.2, -0.15) is 4.57 Å². The Morgan fingerprint density at radius 1 is 0.571 bits per heavy atom. The Morgan fingerprint density at radius 3 is 1.68 bits per heavy atom. The van der Waals surface area contributed by atoms with Crippen molar-refractivity contribution in [1.82, 2.24) is 4.57 Å². The highest BCUT2D eigenvalue weighted by Crippen LogP contribution is 2.43. The summed E-state index contributed by atoms with van der Waals surface area (Å²) in [5.74, 6) is 1.68. The molecule has 3 nitrogen and oxygen atoms in total. The van der Waals surface area contributed by atoms with Gasteiger partial charge in [-0.3, -0.25) is 0 Å². The van der Waals surface area contributed by atoms with Crippen LogP contribution in [0.5, 0.6) is 0 Å². The topological polar surface area (TPSA) is 21.9 Å². The largest absolute Gasteiger partial charge is 0.455 e. The third-order valence-corrected chi connectivity index (χ3v) is 11.8. The van der Waals surface area contributed by atoms with Crippen molar-refractivity contribution < 1.29 is 8.98 Å². The van der Waals surface area contributed by atoms with E-state index < -0.39 is 0 Å². The molecule has 3 heteroatoms. The number of fused-ring (bicyclic) bond motifs is 4. The molecule has 8 rings (SSSR count). The molecular formula is C53H57N2O+. The standard InChI is InChI=1S/C53H57N2O/c1-32(2)43-29-38(36-24-22-35(23-25-36)37-27-39(52(6,7)8)31-40(28-37)53(9,10)11)30-44(33(3)4)49(43)55-46-19-15-14-18-45(46)54(12)51(55)48-34(5)21-26-42-41-17-13-16-20-47(41)56-50(42)48/h13-33H,1-12H3/q+1. The Bertz CT molecular complexity index is 2710. The molecule has 2 heterocycles. The van der Waals surface area contributed by atoms with E-state index in [0.717, 1.165) is 33.3 Å². The highest BCUT2D eigenvalue weighted by Gasteiger charge is 2.34. The van der Waals surface area contributed by atoms with Gasteiger partial charge in [0.05, 0.1) is 7.05 Å². The molecule has 0 fully saturated rings. The van der Waals surface area contributed by atoms with Crippen molar-refractivity contribution in [3.63, 3.8) is 0 Å². The van der Waals surface area contributed by atoms with Gasteiger partial charge in [0.1, 0.15) is 16.8 Å². The Hall–Kier alpha value is -5.41. The van der Waals surface area contributed by atoms with E-state index in [2.05, 4.69) is 208 Å². The Morgan fingerprint density at radius 2 is 1.11 bits per heavy atom. The SMILES string of the molecule is Cc1ccc2c(oc3ccccc32)c1-c1n(-c2c(C(C)C)cc(-c3ccc(-c4cc(C(C)(C)C)cc(C(C)(C)C)c4)cc3)cc2C(C)C)c2ccccc2[n+]1C. The van der Waals surface area contributed by atoms with Crippen LogP contribution in [0.25, 0.3) is 72.3 Å². The van der Waals surface area contributed by atoms with Crippen LogP contribution in [0, 0.1) is 6.92 Å². The molecule has 0 unspecified atom stereocenters. The first-order valence-electron chi connectivity index (χ1n) is 20.4. The third kappa shape index (κ3) is 6.36. The van der Waals surface area contributed by atoms with Crippen molar-refractivity contribution in [2.45, 2.75) is 98.8 Å². The predicted molar refractivity (Wildman–Crippen MR) is 238 cm³/mol. The van der Waals surface area contributed by atoms with E-state index in [9.17, 15) is 0 Å². The zero-order valence-electron chi connectivity index (χ0n) is 35.4. The summed E-state index contributed by atoms with van der Waals surface area (Å²) in [5.41, 5.74) is 18.4. The highest BCUT2D eigenvalue weighted by molar-refractivity contribution is 6.10. The lowest BCUT2D eigenvalue weighted by Gasteiger charge is -2.26. The maximum Gasteiger partial charge on any atom is 0.299 e. The summed E-state index contributed by atoms with van der Waals surface area (Å²) in [5, 5.41) is 2.29. The van der Waals surface area contributed by atoms with Gasteiger partial charge in [0.25, 0.3) is 5.82 Å². The molecule has 0 radical (unpaired) electrons. The van der Waals surface area contributed by atoms with E-state index in [1.807, 2.05) is 0 Å². The number of furan rings is 1. The van der Waals surface area contributed by atoms with Crippen LogP contribution < -0.4 is 4.57 Å². The fraction of sp³-hybridized carbons (Fsp3) is 0.302. The van der Waals surface area contributed by atoms with Crippen LogP contribution in [0.2, 0.25) is 0 Å². The molecule has 284 valence electrons. The zero-order chi connectivity index (χ0) is 39.8. The zero-order valence-corrected chi connectivity index (χ0v) is 35.4. The van der Waals surface area contributed by atoms with Crippen LogP contribution in [0.1, 0.15) is 109 Å². The maximum absolute atomic E-state index is 6.75. The fourth-order valence-corrected chi connectivity index (χ4v) is 8.49. The first kappa shape index (κ1) is 37.5. The van der Waals surface area contributed by atoms with Crippen molar-refractivity contribution in [2.24, 2.45) is 7.05 Å². The summed E-state index contributed by atoms with van der Waals surface area (Å²) in [6, 6.07) is 43.0. The molecule has 2 aromatic heterocycles. The molecule has 0 aliphatic carbocycles. The fourth-order valence-electron chi connectivity index (χ4n) is 8.49. The number of nitrogens with zero attached hydrogens (tertiary/aromatic N) is 2. The molecule has 56 heavy (non-hydrogen) atoms. The third-order valence-electron chi connectivity index (χ3n) is 11.8. The normalized spacial score (nSPS) is 12.6. The van der Waals surface area contributed by atoms with Crippen LogP contribution in [0.15, 0.2) is 120 Å². The Balaban J connectivity index is 1.34. The average Bonchev–Trinajstić information content (AvgIpc) is 3.68. The lowest BCUT2D eigenvalue weighted by molar-refractivity contribution is -0.633. The van der Waals surface area contributed by atoms with Crippen LogP contribution in [0.4, 0.5) is 0 Å². The minimum Gasteiger partial charge on any atom is -0.455 e. The Labute approximate surface area is 333 Å². The number of hydrogen-bond acceptors (Lipinski definition) is 1. The monoisotopic (exact) mass is 737 g/mol. The summed E-state index contributed by atoms with van der Waals surface area (Å²) in [6.07, 6.45) is 0. The molecule has 6 aromatic carbocycles. The van der Waals surface area contributed by atoms with Gasteiger partial charge >= 0.3 is 0 Å². The summed E-state index contributed by atoms with van der Waals surface area (Å²) in [6.45, 7) is 25.4.